The Labute approximate surface area is 199 Å². The van der Waals surface area contributed by atoms with E-state index < -0.39 is 17.7 Å². The summed E-state index contributed by atoms with van der Waals surface area (Å²) in [5.74, 6) is -1.78. The summed E-state index contributed by atoms with van der Waals surface area (Å²) in [5, 5.41) is 12.8. The standard InChI is InChI=1S/C26H18Cl2N2O3/c1-14-6-2-3-7-18(14)23-22(24(31)20-13-29-21-9-5-4-8-19(20)21)25(32)26(33)30(23)17-11-15(27)10-16(28)12-17/h2-13,23,29,31H,1H3/b24-22+. The number of fused-ring (bicyclic) bond motifs is 1. The number of nitrogens with zero attached hydrogens (tertiary/aromatic N) is 1. The second-order valence-corrected chi connectivity index (χ2v) is 8.77. The number of aliphatic hydroxyl groups excluding tert-OH is 1. The highest BCUT2D eigenvalue weighted by Gasteiger charge is 2.47. The zero-order valence-electron chi connectivity index (χ0n) is 17.5. The second-order valence-electron chi connectivity index (χ2n) is 7.90. The van der Waals surface area contributed by atoms with Crippen molar-refractivity contribution >= 4 is 57.2 Å². The molecule has 1 amide bonds. The van der Waals surface area contributed by atoms with E-state index in [0.717, 1.165) is 16.5 Å². The van der Waals surface area contributed by atoms with Crippen LogP contribution in [0.1, 0.15) is 22.7 Å². The van der Waals surface area contributed by atoms with E-state index in [2.05, 4.69) is 4.98 Å². The molecule has 5 rings (SSSR count). The summed E-state index contributed by atoms with van der Waals surface area (Å²) < 4.78 is 0. The van der Waals surface area contributed by atoms with Crippen molar-refractivity contribution in [1.29, 1.82) is 0 Å². The Morgan fingerprint density at radius 1 is 0.970 bits per heavy atom. The predicted octanol–water partition coefficient (Wildman–Crippen LogP) is 6.41. The van der Waals surface area contributed by atoms with Gasteiger partial charge in [-0.1, -0.05) is 65.7 Å². The monoisotopic (exact) mass is 476 g/mol. The van der Waals surface area contributed by atoms with Crippen LogP contribution in [0.5, 0.6) is 0 Å². The molecule has 0 saturated carbocycles. The molecule has 0 bridgehead atoms. The number of Topliss-reactive ketones (excluding diaryl/α,β-unsaturated/α-hetero) is 1. The number of aryl methyl sites for hydroxylation is 1. The molecule has 3 aromatic carbocycles. The number of anilines is 1. The summed E-state index contributed by atoms with van der Waals surface area (Å²) in [7, 11) is 0. The van der Waals surface area contributed by atoms with E-state index in [1.165, 1.54) is 4.90 Å². The van der Waals surface area contributed by atoms with Crippen molar-refractivity contribution in [3.05, 3.63) is 105 Å². The number of aromatic nitrogens is 1. The average Bonchev–Trinajstić information content (AvgIpc) is 3.32. The lowest BCUT2D eigenvalue weighted by Crippen LogP contribution is -2.29. The predicted molar refractivity (Wildman–Crippen MR) is 131 cm³/mol. The molecule has 0 spiro atoms. The fourth-order valence-corrected chi connectivity index (χ4v) is 4.89. The van der Waals surface area contributed by atoms with Gasteiger partial charge in [-0.2, -0.15) is 0 Å². The zero-order chi connectivity index (χ0) is 23.3. The maximum absolute atomic E-state index is 13.3. The number of amides is 1. The normalized spacial score (nSPS) is 17.8. The molecule has 1 aliphatic heterocycles. The van der Waals surface area contributed by atoms with Gasteiger partial charge in [-0.05, 0) is 42.3 Å². The van der Waals surface area contributed by atoms with Crippen LogP contribution in [-0.2, 0) is 9.59 Å². The Hall–Kier alpha value is -3.54. The summed E-state index contributed by atoms with van der Waals surface area (Å²) in [6, 6.07) is 18.7. The van der Waals surface area contributed by atoms with Gasteiger partial charge in [-0.25, -0.2) is 0 Å². The number of carbonyl (C=O) groups is 2. The quantitative estimate of drug-likeness (QED) is 0.204. The Morgan fingerprint density at radius 3 is 2.36 bits per heavy atom. The number of ketones is 1. The molecular weight excluding hydrogens is 459 g/mol. The van der Waals surface area contributed by atoms with Gasteiger partial charge in [0.2, 0.25) is 0 Å². The van der Waals surface area contributed by atoms with Crippen LogP contribution in [0.3, 0.4) is 0 Å². The third-order valence-corrected chi connectivity index (χ3v) is 6.33. The number of aromatic amines is 1. The van der Waals surface area contributed by atoms with Gasteiger partial charge >= 0.3 is 0 Å². The lowest BCUT2D eigenvalue weighted by molar-refractivity contribution is -0.132. The third kappa shape index (κ3) is 3.50. The Kier molecular flexibility index (Phi) is 5.23. The number of halogens is 2. The lowest BCUT2D eigenvalue weighted by Gasteiger charge is -2.27. The summed E-state index contributed by atoms with van der Waals surface area (Å²) >= 11 is 12.4. The van der Waals surface area contributed by atoms with Crippen molar-refractivity contribution in [1.82, 2.24) is 4.98 Å². The van der Waals surface area contributed by atoms with E-state index in [-0.39, 0.29) is 11.3 Å². The first-order chi connectivity index (χ1) is 15.9. The van der Waals surface area contributed by atoms with Gasteiger partial charge in [-0.15, -0.1) is 0 Å². The fraction of sp³-hybridized carbons (Fsp3) is 0.0769. The van der Waals surface area contributed by atoms with Crippen molar-refractivity contribution < 1.29 is 14.7 Å². The van der Waals surface area contributed by atoms with Gasteiger partial charge in [0.05, 0.1) is 11.6 Å². The number of rotatable bonds is 3. The summed E-state index contributed by atoms with van der Waals surface area (Å²) in [6.45, 7) is 1.89. The van der Waals surface area contributed by atoms with Crippen molar-refractivity contribution in [3.8, 4) is 0 Å². The highest BCUT2D eigenvalue weighted by atomic mass is 35.5. The molecule has 2 N–H and O–H groups in total. The number of para-hydroxylation sites is 1. The van der Waals surface area contributed by atoms with Gasteiger partial charge in [0, 0.05) is 38.4 Å². The Morgan fingerprint density at radius 2 is 1.64 bits per heavy atom. The van der Waals surface area contributed by atoms with Crippen LogP contribution in [0.2, 0.25) is 10.0 Å². The van der Waals surface area contributed by atoms with Gasteiger partial charge in [-0.3, -0.25) is 14.5 Å². The molecule has 164 valence electrons. The molecule has 1 aromatic heterocycles. The molecule has 1 atom stereocenters. The highest BCUT2D eigenvalue weighted by Crippen LogP contribution is 2.44. The molecular formula is C26H18Cl2N2O3. The van der Waals surface area contributed by atoms with Crippen LogP contribution in [-0.4, -0.2) is 21.8 Å². The first kappa shape index (κ1) is 21.3. The number of hydrogen-bond donors (Lipinski definition) is 2. The van der Waals surface area contributed by atoms with Crippen molar-refractivity contribution in [2.24, 2.45) is 0 Å². The number of carbonyl (C=O) groups excluding carboxylic acids is 2. The van der Waals surface area contributed by atoms with Crippen LogP contribution >= 0.6 is 23.2 Å². The van der Waals surface area contributed by atoms with E-state index in [9.17, 15) is 14.7 Å². The average molecular weight is 477 g/mol. The largest absolute Gasteiger partial charge is 0.507 e. The van der Waals surface area contributed by atoms with Crippen LogP contribution in [0.4, 0.5) is 5.69 Å². The number of benzene rings is 3. The topological polar surface area (TPSA) is 73.4 Å². The molecule has 33 heavy (non-hydrogen) atoms. The van der Waals surface area contributed by atoms with E-state index in [0.29, 0.717) is 26.9 Å². The van der Waals surface area contributed by atoms with Crippen LogP contribution in [0.25, 0.3) is 16.7 Å². The van der Waals surface area contributed by atoms with Gasteiger partial charge < -0.3 is 10.1 Å². The molecule has 5 nitrogen and oxygen atoms in total. The van der Waals surface area contributed by atoms with E-state index in [1.807, 2.05) is 55.5 Å². The number of nitrogens with one attached hydrogen (secondary N) is 1. The molecule has 1 aliphatic rings. The van der Waals surface area contributed by atoms with Gasteiger partial charge in [0.1, 0.15) is 5.76 Å². The zero-order valence-corrected chi connectivity index (χ0v) is 19.0. The van der Waals surface area contributed by atoms with Crippen LogP contribution < -0.4 is 4.90 Å². The van der Waals surface area contributed by atoms with Crippen LogP contribution in [0.15, 0.2) is 78.5 Å². The number of H-pyrrole nitrogens is 1. The molecule has 4 aromatic rings. The smallest absolute Gasteiger partial charge is 0.300 e. The number of hydrogen-bond acceptors (Lipinski definition) is 3. The summed E-state index contributed by atoms with van der Waals surface area (Å²) in [6.07, 6.45) is 1.64. The first-order valence-electron chi connectivity index (χ1n) is 10.3. The van der Waals surface area contributed by atoms with Crippen molar-refractivity contribution in [3.63, 3.8) is 0 Å². The summed E-state index contributed by atoms with van der Waals surface area (Å²) in [4.78, 5) is 31.1. The van der Waals surface area contributed by atoms with Crippen molar-refractivity contribution in [2.75, 3.05) is 4.90 Å². The molecule has 1 unspecified atom stereocenters. The van der Waals surface area contributed by atoms with E-state index >= 15 is 0 Å². The third-order valence-electron chi connectivity index (χ3n) is 5.90. The first-order valence-corrected chi connectivity index (χ1v) is 11.0. The molecule has 0 aliphatic carbocycles. The minimum Gasteiger partial charge on any atom is -0.507 e. The molecule has 2 heterocycles. The van der Waals surface area contributed by atoms with E-state index in [1.54, 1.807) is 24.4 Å². The minimum absolute atomic E-state index is 0.00940. The SMILES string of the molecule is Cc1ccccc1C1/C(=C(\O)c2c[nH]c3ccccc23)C(=O)C(=O)N1c1cc(Cl)cc(Cl)c1. The molecule has 1 fully saturated rings. The minimum atomic E-state index is -0.852. The van der Waals surface area contributed by atoms with Crippen LogP contribution in [0, 0.1) is 6.92 Å². The second kappa shape index (κ2) is 8.10. The Bertz CT molecular complexity index is 1450. The maximum atomic E-state index is 13.3. The van der Waals surface area contributed by atoms with Gasteiger partial charge in [0.25, 0.3) is 11.7 Å². The molecule has 1 saturated heterocycles. The van der Waals surface area contributed by atoms with E-state index in [4.69, 9.17) is 23.2 Å². The fourth-order valence-electron chi connectivity index (χ4n) is 4.38. The molecule has 0 radical (unpaired) electrons. The highest BCUT2D eigenvalue weighted by molar-refractivity contribution is 6.52. The lowest BCUT2D eigenvalue weighted by atomic mass is 9.92. The van der Waals surface area contributed by atoms with Crippen molar-refractivity contribution in [2.45, 2.75) is 13.0 Å². The maximum Gasteiger partial charge on any atom is 0.300 e. The van der Waals surface area contributed by atoms with Gasteiger partial charge in [0.15, 0.2) is 0 Å². The summed E-state index contributed by atoms with van der Waals surface area (Å²) in [5.41, 5.74) is 3.23. The molecule has 7 heteroatoms. The Balaban J connectivity index is 1.80. The number of aliphatic hydroxyl groups is 1.